The normalized spacial score (nSPS) is 14.0. The Labute approximate surface area is 165 Å². The quantitative estimate of drug-likeness (QED) is 0.289. The standard InChI is InChI=1S/C18H14F7N3O2/c1-12(15(29)27-28-7-5-26-6-8-28)9-13-3-2-4-14(10-13)30-11-16(19,20)17(21,22)18(23,24)25/h2-10H,11H2,1H3/b12-9+. The Morgan fingerprint density at radius 2 is 1.77 bits per heavy atom. The van der Waals surface area contributed by atoms with Gasteiger partial charge in [-0.05, 0) is 35.3 Å². The zero-order valence-electron chi connectivity index (χ0n) is 15.2. The third-order valence-corrected chi connectivity index (χ3v) is 3.63. The minimum Gasteiger partial charge on any atom is -0.854 e. The van der Waals surface area contributed by atoms with Crippen molar-refractivity contribution in [2.24, 2.45) is 5.10 Å². The van der Waals surface area contributed by atoms with Crippen molar-refractivity contribution in [3.8, 4) is 5.75 Å². The van der Waals surface area contributed by atoms with Gasteiger partial charge in [0, 0.05) is 0 Å². The maximum atomic E-state index is 13.3. The van der Waals surface area contributed by atoms with E-state index in [2.05, 4.69) is 14.8 Å². The topological polar surface area (TPSA) is 61.4 Å². The number of ether oxygens (including phenoxy) is 1. The van der Waals surface area contributed by atoms with Crippen molar-refractivity contribution in [1.29, 1.82) is 0 Å². The molecule has 0 spiro atoms. The van der Waals surface area contributed by atoms with Crippen LogP contribution in [0.1, 0.15) is 12.5 Å². The lowest BCUT2D eigenvalue weighted by atomic mass is 10.1. The zero-order chi connectivity index (χ0) is 22.6. The first-order valence-electron chi connectivity index (χ1n) is 8.15. The van der Waals surface area contributed by atoms with Crippen LogP contribution >= 0.6 is 0 Å². The smallest absolute Gasteiger partial charge is 0.460 e. The van der Waals surface area contributed by atoms with Gasteiger partial charge in [0.05, 0.1) is 18.3 Å². The number of alkyl halides is 7. The number of benzene rings is 1. The predicted octanol–water partition coefficient (Wildman–Crippen LogP) is 3.21. The molecule has 12 heteroatoms. The molecule has 0 fully saturated rings. The summed E-state index contributed by atoms with van der Waals surface area (Å²) in [6.45, 7) is -0.780. The lowest BCUT2D eigenvalue weighted by molar-refractivity contribution is -0.682. The van der Waals surface area contributed by atoms with Crippen LogP contribution in [0, 0.1) is 0 Å². The number of halogens is 7. The van der Waals surface area contributed by atoms with Crippen molar-refractivity contribution < 1.29 is 45.3 Å². The van der Waals surface area contributed by atoms with Crippen molar-refractivity contribution in [3.63, 3.8) is 0 Å². The summed E-state index contributed by atoms with van der Waals surface area (Å²) in [5, 5.41) is 15.8. The van der Waals surface area contributed by atoms with E-state index in [9.17, 15) is 35.8 Å². The Kier molecular flexibility index (Phi) is 6.68. The lowest BCUT2D eigenvalue weighted by Gasteiger charge is -2.28. The maximum Gasteiger partial charge on any atom is 0.460 e. The summed E-state index contributed by atoms with van der Waals surface area (Å²) in [6, 6.07) is 4.91. The first-order chi connectivity index (χ1) is 13.8. The average Bonchev–Trinajstić information content (AvgIpc) is 2.66. The van der Waals surface area contributed by atoms with Gasteiger partial charge in [0.15, 0.2) is 6.61 Å². The van der Waals surface area contributed by atoms with Crippen LogP contribution in [-0.4, -0.2) is 35.5 Å². The highest BCUT2D eigenvalue weighted by molar-refractivity contribution is 5.93. The van der Waals surface area contributed by atoms with E-state index >= 15 is 0 Å². The summed E-state index contributed by atoms with van der Waals surface area (Å²) < 4.78 is 94.6. The van der Waals surface area contributed by atoms with Crippen LogP contribution < -0.4 is 14.5 Å². The molecule has 5 nitrogen and oxygen atoms in total. The van der Waals surface area contributed by atoms with E-state index in [0.717, 1.165) is 12.1 Å². The first-order valence-corrected chi connectivity index (χ1v) is 8.15. The van der Waals surface area contributed by atoms with Crippen LogP contribution in [-0.2, 0) is 0 Å². The van der Waals surface area contributed by atoms with Gasteiger partial charge in [-0.25, -0.2) is 0 Å². The van der Waals surface area contributed by atoms with Gasteiger partial charge >= 0.3 is 18.0 Å². The highest BCUT2D eigenvalue weighted by Crippen LogP contribution is 2.46. The Morgan fingerprint density at radius 3 is 2.37 bits per heavy atom. The molecule has 0 amide bonds. The molecule has 0 aliphatic rings. The molecule has 0 radical (unpaired) electrons. The Hall–Kier alpha value is -3.18. The molecule has 2 aromatic rings. The molecule has 1 aromatic heterocycles. The van der Waals surface area contributed by atoms with E-state index in [1.807, 2.05) is 0 Å². The van der Waals surface area contributed by atoms with E-state index in [0.29, 0.717) is 0 Å². The first kappa shape index (κ1) is 23.1. The van der Waals surface area contributed by atoms with Crippen molar-refractivity contribution in [2.75, 3.05) is 6.61 Å². The van der Waals surface area contributed by atoms with E-state index in [1.165, 1.54) is 54.6 Å². The summed E-state index contributed by atoms with van der Waals surface area (Å²) >= 11 is 0. The van der Waals surface area contributed by atoms with Crippen LogP contribution in [0.25, 0.3) is 6.08 Å². The van der Waals surface area contributed by atoms with Gasteiger partial charge < -0.3 is 9.84 Å². The third-order valence-electron chi connectivity index (χ3n) is 3.63. The molecule has 2 rings (SSSR count). The second-order valence-electron chi connectivity index (χ2n) is 6.00. The summed E-state index contributed by atoms with van der Waals surface area (Å²) in [5.41, 5.74) is 0.379. The number of aromatic nitrogens is 2. The van der Waals surface area contributed by atoms with E-state index < -0.39 is 30.5 Å². The summed E-state index contributed by atoms with van der Waals surface area (Å²) in [4.78, 5) is 3.75. The van der Waals surface area contributed by atoms with Crippen molar-refractivity contribution in [2.45, 2.75) is 24.9 Å². The highest BCUT2D eigenvalue weighted by atomic mass is 19.4. The van der Waals surface area contributed by atoms with Gasteiger partial charge in [0.1, 0.15) is 5.75 Å². The van der Waals surface area contributed by atoms with Gasteiger partial charge in [-0.15, -0.1) is 0 Å². The average molecular weight is 437 g/mol. The van der Waals surface area contributed by atoms with Crippen LogP contribution in [0.5, 0.6) is 5.75 Å². The second-order valence-corrected chi connectivity index (χ2v) is 6.00. The molecule has 1 heterocycles. The minimum atomic E-state index is -6.43. The molecule has 1 aromatic carbocycles. The fourth-order valence-corrected chi connectivity index (χ4v) is 2.04. The van der Waals surface area contributed by atoms with Crippen molar-refractivity contribution >= 4 is 12.0 Å². The molecule has 0 atom stereocenters. The lowest BCUT2D eigenvalue weighted by Crippen LogP contribution is -2.54. The maximum absolute atomic E-state index is 13.3. The van der Waals surface area contributed by atoms with Crippen molar-refractivity contribution in [1.82, 2.24) is 4.98 Å². The fourth-order valence-electron chi connectivity index (χ4n) is 2.04. The second kappa shape index (κ2) is 8.67. The van der Waals surface area contributed by atoms with Gasteiger partial charge in [-0.1, -0.05) is 22.9 Å². The number of hydrogen-bond acceptors (Lipinski definition) is 4. The van der Waals surface area contributed by atoms with Crippen molar-refractivity contribution in [3.05, 3.63) is 60.2 Å². The predicted molar refractivity (Wildman–Crippen MR) is 88.8 cm³/mol. The SMILES string of the molecule is C/C(=C\c1cccc(OCC(F)(F)C(F)(F)C(F)(F)F)c1)C([O-])=N[n+]1ccncc1. The monoisotopic (exact) mass is 437 g/mol. The third kappa shape index (κ3) is 5.45. The molecule has 30 heavy (non-hydrogen) atoms. The fraction of sp³-hybridized carbons (Fsp3) is 0.278. The molecule has 0 unspecified atom stereocenters. The molecule has 0 aliphatic heterocycles. The molecule has 0 aliphatic carbocycles. The molecule has 0 N–H and O–H groups in total. The molecule has 0 bridgehead atoms. The molecular formula is C18H14F7N3O2. The summed E-state index contributed by atoms with van der Waals surface area (Å²) in [7, 11) is 0. The van der Waals surface area contributed by atoms with Gasteiger partial charge in [-0.2, -0.15) is 30.7 Å². The van der Waals surface area contributed by atoms with Gasteiger partial charge in [0.25, 0.3) is 0 Å². The summed E-state index contributed by atoms with van der Waals surface area (Å²) in [5.74, 6) is -12.8. The van der Waals surface area contributed by atoms with Crippen LogP contribution in [0.15, 0.2) is 59.7 Å². The number of hydrogen-bond donors (Lipinski definition) is 0. The van der Waals surface area contributed by atoms with Crippen LogP contribution in [0.3, 0.4) is 0 Å². The molecular weight excluding hydrogens is 423 g/mol. The molecule has 0 saturated heterocycles. The van der Waals surface area contributed by atoms with Crippen LogP contribution in [0.4, 0.5) is 30.7 Å². The van der Waals surface area contributed by atoms with Crippen LogP contribution in [0.2, 0.25) is 0 Å². The Morgan fingerprint density at radius 1 is 1.13 bits per heavy atom. The largest absolute Gasteiger partial charge is 0.854 e. The molecule has 162 valence electrons. The minimum absolute atomic E-state index is 0.130. The summed E-state index contributed by atoms with van der Waals surface area (Å²) in [6.07, 6.45) is 0.498. The number of nitrogens with zero attached hydrogens (tertiary/aromatic N) is 3. The van der Waals surface area contributed by atoms with E-state index in [4.69, 9.17) is 0 Å². The Bertz CT molecular complexity index is 929. The van der Waals surface area contributed by atoms with Gasteiger partial charge in [-0.3, -0.25) is 4.98 Å². The van der Waals surface area contributed by atoms with E-state index in [1.54, 1.807) is 0 Å². The highest BCUT2D eigenvalue weighted by Gasteiger charge is 2.73. The van der Waals surface area contributed by atoms with Gasteiger partial charge in [0.2, 0.25) is 12.4 Å². The number of rotatable bonds is 7. The zero-order valence-corrected chi connectivity index (χ0v) is 15.2. The van der Waals surface area contributed by atoms with E-state index in [-0.39, 0.29) is 16.9 Å². The molecule has 0 saturated carbocycles. The Balaban J connectivity index is 2.15.